The predicted molar refractivity (Wildman–Crippen MR) is 109 cm³/mol. The van der Waals surface area contributed by atoms with Crippen molar-refractivity contribution in [3.8, 4) is 11.1 Å². The molecule has 5 heteroatoms. The summed E-state index contributed by atoms with van der Waals surface area (Å²) >= 11 is 1.53. The number of anilines is 1. The van der Waals surface area contributed by atoms with Crippen molar-refractivity contribution in [3.05, 3.63) is 40.3 Å². The fraction of sp³-hybridized carbons (Fsp3) is 0.476. The lowest BCUT2D eigenvalue weighted by molar-refractivity contribution is 0.0529. The Morgan fingerprint density at radius 1 is 1.15 bits per heavy atom. The molecule has 26 heavy (non-hydrogen) atoms. The zero-order valence-electron chi connectivity index (χ0n) is 15.7. The summed E-state index contributed by atoms with van der Waals surface area (Å²) in [5.74, 6) is -0.320. The highest BCUT2D eigenvalue weighted by atomic mass is 32.1. The SMILES string of the molecule is CCOC(=O)c1c(N)sc(CN2CCCCCC2)c1-c1ccc(C)cc1. The van der Waals surface area contributed by atoms with Gasteiger partial charge in [-0.15, -0.1) is 11.3 Å². The van der Waals surface area contributed by atoms with Gasteiger partial charge in [0, 0.05) is 17.0 Å². The van der Waals surface area contributed by atoms with Crippen molar-refractivity contribution in [2.75, 3.05) is 25.4 Å². The van der Waals surface area contributed by atoms with E-state index in [0.717, 1.165) is 35.6 Å². The van der Waals surface area contributed by atoms with E-state index in [9.17, 15) is 4.79 Å². The lowest BCUT2D eigenvalue weighted by atomic mass is 9.99. The molecule has 1 aliphatic rings. The first-order valence-electron chi connectivity index (χ1n) is 9.47. The smallest absolute Gasteiger partial charge is 0.341 e. The molecule has 2 heterocycles. The van der Waals surface area contributed by atoms with Crippen molar-refractivity contribution in [2.24, 2.45) is 0 Å². The van der Waals surface area contributed by atoms with Crippen LogP contribution >= 0.6 is 11.3 Å². The summed E-state index contributed by atoms with van der Waals surface area (Å²) in [5, 5.41) is 0.559. The number of hydrogen-bond acceptors (Lipinski definition) is 5. The van der Waals surface area contributed by atoms with E-state index in [2.05, 4.69) is 36.1 Å². The van der Waals surface area contributed by atoms with Gasteiger partial charge in [-0.05, 0) is 45.3 Å². The molecule has 1 aromatic carbocycles. The van der Waals surface area contributed by atoms with Crippen molar-refractivity contribution in [1.82, 2.24) is 4.90 Å². The standard InChI is InChI=1S/C21H28N2O2S/c1-3-25-21(24)19-18(16-10-8-15(2)9-11-16)17(26-20(19)22)14-23-12-6-4-5-7-13-23/h8-11H,3-7,12-14,22H2,1-2H3. The maximum Gasteiger partial charge on any atom is 0.341 e. The average Bonchev–Trinajstić information content (AvgIpc) is 2.78. The number of aryl methyl sites for hydroxylation is 1. The van der Waals surface area contributed by atoms with Crippen LogP contribution in [0.15, 0.2) is 24.3 Å². The Bertz CT molecular complexity index is 744. The summed E-state index contributed by atoms with van der Waals surface area (Å²) in [6, 6.07) is 8.30. The van der Waals surface area contributed by atoms with E-state index < -0.39 is 0 Å². The van der Waals surface area contributed by atoms with Gasteiger partial charge in [-0.1, -0.05) is 42.7 Å². The zero-order valence-corrected chi connectivity index (χ0v) is 16.5. The fourth-order valence-corrected chi connectivity index (χ4v) is 4.66. The first kappa shape index (κ1) is 18.9. The first-order valence-corrected chi connectivity index (χ1v) is 10.3. The first-order chi connectivity index (χ1) is 12.6. The molecule has 0 bridgehead atoms. The highest BCUT2D eigenvalue weighted by Gasteiger charge is 2.25. The summed E-state index contributed by atoms with van der Waals surface area (Å²) < 4.78 is 5.29. The van der Waals surface area contributed by atoms with Gasteiger partial charge in [0.1, 0.15) is 10.6 Å². The van der Waals surface area contributed by atoms with Gasteiger partial charge in [0.25, 0.3) is 0 Å². The number of nitrogen functional groups attached to an aromatic ring is 1. The van der Waals surface area contributed by atoms with Crippen LogP contribution in [0.5, 0.6) is 0 Å². The van der Waals surface area contributed by atoms with Crippen molar-refractivity contribution >= 4 is 22.3 Å². The largest absolute Gasteiger partial charge is 0.462 e. The van der Waals surface area contributed by atoms with E-state index in [-0.39, 0.29) is 5.97 Å². The van der Waals surface area contributed by atoms with Gasteiger partial charge in [0.05, 0.1) is 6.61 Å². The molecule has 2 aromatic rings. The number of thiophene rings is 1. The minimum absolute atomic E-state index is 0.320. The van der Waals surface area contributed by atoms with Crippen molar-refractivity contribution in [2.45, 2.75) is 46.1 Å². The lowest BCUT2D eigenvalue weighted by Gasteiger charge is -2.20. The molecule has 1 aromatic heterocycles. The molecule has 140 valence electrons. The maximum atomic E-state index is 12.6. The van der Waals surface area contributed by atoms with Gasteiger partial charge in [-0.25, -0.2) is 4.79 Å². The van der Waals surface area contributed by atoms with E-state index in [1.165, 1.54) is 42.6 Å². The lowest BCUT2D eigenvalue weighted by Crippen LogP contribution is -2.23. The third kappa shape index (κ3) is 4.27. The Labute approximate surface area is 160 Å². The van der Waals surface area contributed by atoms with Crippen molar-refractivity contribution < 1.29 is 9.53 Å². The Kier molecular flexibility index (Phi) is 6.33. The van der Waals surface area contributed by atoms with Crippen molar-refractivity contribution in [1.29, 1.82) is 0 Å². The molecule has 1 saturated heterocycles. The molecule has 0 aliphatic carbocycles. The van der Waals surface area contributed by atoms with Crippen LogP contribution in [0.4, 0.5) is 5.00 Å². The summed E-state index contributed by atoms with van der Waals surface area (Å²) in [4.78, 5) is 16.2. The Balaban J connectivity index is 2.01. The number of nitrogens with zero attached hydrogens (tertiary/aromatic N) is 1. The number of carbonyl (C=O) groups is 1. The molecule has 4 nitrogen and oxygen atoms in total. The van der Waals surface area contributed by atoms with Crippen LogP contribution in [-0.2, 0) is 11.3 Å². The van der Waals surface area contributed by atoms with Gasteiger partial charge in [0.15, 0.2) is 0 Å². The van der Waals surface area contributed by atoms with E-state index in [1.807, 2.05) is 6.92 Å². The third-order valence-electron chi connectivity index (χ3n) is 4.89. The molecule has 0 radical (unpaired) electrons. The highest BCUT2D eigenvalue weighted by molar-refractivity contribution is 7.17. The summed E-state index contributed by atoms with van der Waals surface area (Å²) in [6.07, 6.45) is 5.10. The predicted octanol–water partition coefficient (Wildman–Crippen LogP) is 4.86. The number of esters is 1. The number of ether oxygens (including phenoxy) is 1. The molecule has 2 N–H and O–H groups in total. The molecule has 0 unspecified atom stereocenters. The summed E-state index contributed by atoms with van der Waals surface area (Å²) in [6.45, 7) is 7.31. The van der Waals surface area contributed by atoms with Crippen LogP contribution in [-0.4, -0.2) is 30.6 Å². The normalized spacial score (nSPS) is 15.6. The second-order valence-electron chi connectivity index (χ2n) is 6.92. The van der Waals surface area contributed by atoms with Gasteiger partial charge in [-0.2, -0.15) is 0 Å². The van der Waals surface area contributed by atoms with Crippen molar-refractivity contribution in [3.63, 3.8) is 0 Å². The van der Waals surface area contributed by atoms with E-state index in [4.69, 9.17) is 10.5 Å². The zero-order chi connectivity index (χ0) is 18.5. The number of likely N-dealkylation sites (tertiary alicyclic amines) is 1. The fourth-order valence-electron chi connectivity index (χ4n) is 3.54. The Morgan fingerprint density at radius 2 is 1.81 bits per heavy atom. The van der Waals surface area contributed by atoms with Crippen LogP contribution in [0, 0.1) is 6.92 Å². The van der Waals surface area contributed by atoms with Gasteiger partial charge < -0.3 is 10.5 Å². The van der Waals surface area contributed by atoms with Crippen LogP contribution in [0.3, 0.4) is 0 Å². The Morgan fingerprint density at radius 3 is 2.42 bits per heavy atom. The van der Waals surface area contributed by atoms with Gasteiger partial charge in [0.2, 0.25) is 0 Å². The van der Waals surface area contributed by atoms with E-state index >= 15 is 0 Å². The molecular weight excluding hydrogens is 344 g/mol. The maximum absolute atomic E-state index is 12.6. The van der Waals surface area contributed by atoms with Crippen LogP contribution in [0.2, 0.25) is 0 Å². The number of rotatable bonds is 5. The Hall–Kier alpha value is -1.85. The highest BCUT2D eigenvalue weighted by Crippen LogP contribution is 2.40. The average molecular weight is 373 g/mol. The number of carbonyl (C=O) groups excluding carboxylic acids is 1. The number of nitrogens with two attached hydrogens (primary N) is 1. The van der Waals surface area contributed by atoms with Gasteiger partial charge in [-0.3, -0.25) is 4.90 Å². The molecule has 0 atom stereocenters. The molecule has 1 aliphatic heterocycles. The monoisotopic (exact) mass is 372 g/mol. The molecule has 0 amide bonds. The number of benzene rings is 1. The second kappa shape index (κ2) is 8.69. The summed E-state index contributed by atoms with van der Waals surface area (Å²) in [7, 11) is 0. The minimum atomic E-state index is -0.320. The molecule has 0 spiro atoms. The topological polar surface area (TPSA) is 55.6 Å². The molecule has 0 saturated carbocycles. The van der Waals surface area contributed by atoms with E-state index in [0.29, 0.717) is 17.2 Å². The quantitative estimate of drug-likeness (QED) is 0.762. The van der Waals surface area contributed by atoms with Crippen LogP contribution < -0.4 is 5.73 Å². The molecular formula is C21H28N2O2S. The van der Waals surface area contributed by atoms with Crippen LogP contribution in [0.1, 0.15) is 53.4 Å². The molecule has 3 rings (SSSR count). The summed E-state index contributed by atoms with van der Waals surface area (Å²) in [5.41, 5.74) is 10.00. The van der Waals surface area contributed by atoms with Crippen LogP contribution in [0.25, 0.3) is 11.1 Å². The third-order valence-corrected chi connectivity index (χ3v) is 5.90. The van der Waals surface area contributed by atoms with E-state index in [1.54, 1.807) is 0 Å². The minimum Gasteiger partial charge on any atom is -0.462 e. The van der Waals surface area contributed by atoms with Gasteiger partial charge >= 0.3 is 5.97 Å². The number of hydrogen-bond donors (Lipinski definition) is 1. The molecule has 1 fully saturated rings. The second-order valence-corrected chi connectivity index (χ2v) is 8.05.